The highest BCUT2D eigenvalue weighted by atomic mass is 35.5. The van der Waals surface area contributed by atoms with Gasteiger partial charge >= 0.3 is 6.18 Å². The van der Waals surface area contributed by atoms with Crippen molar-refractivity contribution in [2.75, 3.05) is 6.54 Å². The van der Waals surface area contributed by atoms with Crippen LogP contribution < -0.4 is 5.32 Å². The highest BCUT2D eigenvalue weighted by Gasteiger charge is 2.31. The Morgan fingerprint density at radius 1 is 1.31 bits per heavy atom. The molecule has 1 saturated heterocycles. The standard InChI is InChI=1S/C11H11ClF3N/c12-9-6-7(11(13,14)15)3-4-8(9)10-2-1-5-16-10/h3-4,6,10,16H,1-2,5H2. The maximum absolute atomic E-state index is 12.4. The average molecular weight is 250 g/mol. The first-order valence-electron chi connectivity index (χ1n) is 5.08. The van der Waals surface area contributed by atoms with Gasteiger partial charge in [0.1, 0.15) is 0 Å². The molecule has 0 amide bonds. The summed E-state index contributed by atoms with van der Waals surface area (Å²) in [7, 11) is 0. The SMILES string of the molecule is FC(F)(F)c1ccc(C2CCCN2)c(Cl)c1. The summed E-state index contributed by atoms with van der Waals surface area (Å²) in [5, 5.41) is 3.40. The Kier molecular flexibility index (Phi) is 3.13. The molecule has 0 radical (unpaired) electrons. The predicted molar refractivity (Wildman–Crippen MR) is 56.4 cm³/mol. The molecule has 1 aliphatic rings. The van der Waals surface area contributed by atoms with Gasteiger partial charge in [-0.3, -0.25) is 0 Å². The molecule has 1 aromatic carbocycles. The summed E-state index contributed by atoms with van der Waals surface area (Å²) in [5.41, 5.74) is 0.0615. The van der Waals surface area contributed by atoms with E-state index in [1.807, 2.05) is 0 Å². The smallest absolute Gasteiger partial charge is 0.310 e. The van der Waals surface area contributed by atoms with E-state index >= 15 is 0 Å². The molecule has 2 rings (SSSR count). The van der Waals surface area contributed by atoms with E-state index in [-0.39, 0.29) is 11.1 Å². The summed E-state index contributed by atoms with van der Waals surface area (Å²) in [6.45, 7) is 0.891. The van der Waals surface area contributed by atoms with E-state index in [9.17, 15) is 13.2 Å². The van der Waals surface area contributed by atoms with Crippen LogP contribution in [0.3, 0.4) is 0 Å². The highest BCUT2D eigenvalue weighted by Crippen LogP contribution is 2.35. The minimum atomic E-state index is -4.33. The number of nitrogens with one attached hydrogen (secondary N) is 1. The van der Waals surface area contributed by atoms with Crippen LogP contribution in [-0.2, 0) is 6.18 Å². The van der Waals surface area contributed by atoms with Gasteiger partial charge in [-0.25, -0.2) is 0 Å². The van der Waals surface area contributed by atoms with E-state index < -0.39 is 11.7 Å². The van der Waals surface area contributed by atoms with Crippen molar-refractivity contribution in [3.8, 4) is 0 Å². The molecule has 1 aliphatic heterocycles. The molecular formula is C11H11ClF3N. The van der Waals surface area contributed by atoms with Gasteiger partial charge in [-0.2, -0.15) is 13.2 Å². The fourth-order valence-electron chi connectivity index (χ4n) is 1.94. The van der Waals surface area contributed by atoms with Crippen LogP contribution in [0.1, 0.15) is 30.0 Å². The van der Waals surface area contributed by atoms with Crippen molar-refractivity contribution in [1.82, 2.24) is 5.32 Å². The summed E-state index contributed by atoms with van der Waals surface area (Å²) in [6, 6.07) is 3.64. The summed E-state index contributed by atoms with van der Waals surface area (Å²) in [4.78, 5) is 0. The van der Waals surface area contributed by atoms with Crippen LogP contribution in [0.4, 0.5) is 13.2 Å². The molecule has 1 fully saturated rings. The number of halogens is 4. The van der Waals surface area contributed by atoms with E-state index in [1.165, 1.54) is 6.07 Å². The molecule has 1 heterocycles. The molecule has 1 aromatic rings. The minimum absolute atomic E-state index is 0.0924. The lowest BCUT2D eigenvalue weighted by molar-refractivity contribution is -0.137. The number of alkyl halides is 3. The maximum Gasteiger partial charge on any atom is 0.416 e. The van der Waals surface area contributed by atoms with Gasteiger partial charge in [-0.1, -0.05) is 17.7 Å². The number of rotatable bonds is 1. The lowest BCUT2D eigenvalue weighted by atomic mass is 10.0. The second-order valence-electron chi connectivity index (χ2n) is 3.88. The van der Waals surface area contributed by atoms with Crippen molar-refractivity contribution in [2.24, 2.45) is 0 Å². The van der Waals surface area contributed by atoms with Gasteiger partial charge in [0.2, 0.25) is 0 Å². The monoisotopic (exact) mass is 249 g/mol. The van der Waals surface area contributed by atoms with Crippen LogP contribution in [0, 0.1) is 0 Å². The van der Waals surface area contributed by atoms with Crippen LogP contribution >= 0.6 is 11.6 Å². The summed E-state index contributed by atoms with van der Waals surface area (Å²) in [5.74, 6) is 0. The van der Waals surface area contributed by atoms with E-state index in [4.69, 9.17) is 11.6 Å². The van der Waals surface area contributed by atoms with E-state index in [2.05, 4.69) is 5.32 Å². The Morgan fingerprint density at radius 2 is 2.06 bits per heavy atom. The highest BCUT2D eigenvalue weighted by molar-refractivity contribution is 6.31. The predicted octanol–water partition coefficient (Wildman–Crippen LogP) is 3.78. The van der Waals surface area contributed by atoms with Crippen molar-refractivity contribution in [3.63, 3.8) is 0 Å². The van der Waals surface area contributed by atoms with Crippen LogP contribution in [0.15, 0.2) is 18.2 Å². The molecular weight excluding hydrogens is 239 g/mol. The van der Waals surface area contributed by atoms with Crippen LogP contribution in [0.2, 0.25) is 5.02 Å². The number of hydrogen-bond acceptors (Lipinski definition) is 1. The molecule has 1 nitrogen and oxygen atoms in total. The average Bonchev–Trinajstić information content (AvgIpc) is 2.69. The van der Waals surface area contributed by atoms with Gasteiger partial charge in [0.05, 0.1) is 5.56 Å². The Morgan fingerprint density at radius 3 is 2.56 bits per heavy atom. The molecule has 88 valence electrons. The van der Waals surface area contributed by atoms with Gasteiger partial charge in [0.25, 0.3) is 0 Å². The van der Waals surface area contributed by atoms with Gasteiger partial charge in [-0.15, -0.1) is 0 Å². The summed E-state index contributed by atoms with van der Waals surface area (Å²) >= 11 is 5.88. The first-order valence-corrected chi connectivity index (χ1v) is 5.46. The lowest BCUT2D eigenvalue weighted by Gasteiger charge is -2.14. The van der Waals surface area contributed by atoms with Crippen LogP contribution in [-0.4, -0.2) is 6.54 Å². The molecule has 16 heavy (non-hydrogen) atoms. The van der Waals surface area contributed by atoms with Gasteiger partial charge in [0, 0.05) is 11.1 Å². The normalized spacial score (nSPS) is 21.4. The summed E-state index contributed by atoms with van der Waals surface area (Å²) in [6.07, 6.45) is -2.38. The van der Waals surface area contributed by atoms with Crippen molar-refractivity contribution in [1.29, 1.82) is 0 Å². The molecule has 5 heteroatoms. The third kappa shape index (κ3) is 2.33. The van der Waals surface area contributed by atoms with Crippen molar-refractivity contribution in [2.45, 2.75) is 25.1 Å². The Hall–Kier alpha value is -0.740. The zero-order valence-electron chi connectivity index (χ0n) is 8.44. The van der Waals surface area contributed by atoms with Gasteiger partial charge < -0.3 is 5.32 Å². The molecule has 0 saturated carbocycles. The van der Waals surface area contributed by atoms with Crippen molar-refractivity contribution in [3.05, 3.63) is 34.3 Å². The van der Waals surface area contributed by atoms with E-state index in [0.717, 1.165) is 37.1 Å². The number of hydrogen-bond donors (Lipinski definition) is 1. The quantitative estimate of drug-likeness (QED) is 0.799. The van der Waals surface area contributed by atoms with Crippen LogP contribution in [0.5, 0.6) is 0 Å². The fourth-order valence-corrected chi connectivity index (χ4v) is 2.25. The Labute approximate surface area is 96.6 Å². The third-order valence-corrected chi connectivity index (χ3v) is 3.09. The molecule has 0 spiro atoms. The molecule has 1 atom stereocenters. The van der Waals surface area contributed by atoms with Crippen LogP contribution in [0.25, 0.3) is 0 Å². The second-order valence-corrected chi connectivity index (χ2v) is 4.29. The maximum atomic E-state index is 12.4. The molecule has 0 bridgehead atoms. The third-order valence-electron chi connectivity index (χ3n) is 2.76. The molecule has 1 unspecified atom stereocenters. The molecule has 0 aliphatic carbocycles. The van der Waals surface area contributed by atoms with E-state index in [1.54, 1.807) is 0 Å². The summed E-state index contributed by atoms with van der Waals surface area (Å²) < 4.78 is 37.2. The Balaban J connectivity index is 2.29. The van der Waals surface area contributed by atoms with Crippen molar-refractivity contribution < 1.29 is 13.2 Å². The first-order chi connectivity index (χ1) is 7.48. The second kappa shape index (κ2) is 4.26. The van der Waals surface area contributed by atoms with Crippen molar-refractivity contribution >= 4 is 11.6 Å². The van der Waals surface area contributed by atoms with E-state index in [0.29, 0.717) is 0 Å². The van der Waals surface area contributed by atoms with Gasteiger partial charge in [-0.05, 0) is 37.1 Å². The zero-order chi connectivity index (χ0) is 11.8. The van der Waals surface area contributed by atoms with Gasteiger partial charge in [0.15, 0.2) is 0 Å². The lowest BCUT2D eigenvalue weighted by Crippen LogP contribution is -2.14. The first kappa shape index (κ1) is 11.7. The topological polar surface area (TPSA) is 12.0 Å². The zero-order valence-corrected chi connectivity index (χ0v) is 9.20. The molecule has 0 aromatic heterocycles. The minimum Gasteiger partial charge on any atom is -0.310 e. The largest absolute Gasteiger partial charge is 0.416 e. The fraction of sp³-hybridized carbons (Fsp3) is 0.455. The number of benzene rings is 1. The Bertz CT molecular complexity index is 383. The molecule has 1 N–H and O–H groups in total.